The molecule has 1 aliphatic rings. The van der Waals surface area contributed by atoms with E-state index in [2.05, 4.69) is 0 Å². The Balaban J connectivity index is 1.38. The highest BCUT2D eigenvalue weighted by Crippen LogP contribution is 2.33. The Kier molecular flexibility index (Phi) is 5.66. The van der Waals surface area contributed by atoms with Crippen LogP contribution >= 0.6 is 0 Å². The van der Waals surface area contributed by atoms with Gasteiger partial charge in [0.2, 0.25) is 6.79 Å². The van der Waals surface area contributed by atoms with Crippen LogP contribution < -0.4 is 14.2 Å². The van der Waals surface area contributed by atoms with Gasteiger partial charge in [-0.25, -0.2) is 0 Å². The quantitative estimate of drug-likeness (QED) is 0.590. The minimum atomic E-state index is -0.0322. The van der Waals surface area contributed by atoms with Crippen molar-refractivity contribution in [2.24, 2.45) is 0 Å². The van der Waals surface area contributed by atoms with Gasteiger partial charge in [-0.1, -0.05) is 42.5 Å². The molecular formula is C24H23NO4. The van der Waals surface area contributed by atoms with Crippen molar-refractivity contribution >= 4 is 5.91 Å². The molecular weight excluding hydrogens is 366 g/mol. The zero-order valence-electron chi connectivity index (χ0n) is 16.3. The van der Waals surface area contributed by atoms with Gasteiger partial charge < -0.3 is 19.1 Å². The largest absolute Gasteiger partial charge is 0.489 e. The Bertz CT molecular complexity index is 970. The van der Waals surface area contributed by atoms with Crippen molar-refractivity contribution in [2.45, 2.75) is 20.1 Å². The lowest BCUT2D eigenvalue weighted by atomic mass is 10.1. The van der Waals surface area contributed by atoms with Gasteiger partial charge in [0.05, 0.1) is 0 Å². The first-order valence-corrected chi connectivity index (χ1v) is 9.67. The van der Waals surface area contributed by atoms with Crippen LogP contribution in [0.4, 0.5) is 0 Å². The Morgan fingerprint density at radius 3 is 2.45 bits per heavy atom. The fourth-order valence-corrected chi connectivity index (χ4v) is 3.19. The number of fused-ring (bicyclic) bond motifs is 1. The predicted octanol–water partition coefficient (Wildman–Crippen LogP) is 4.66. The molecule has 5 nitrogen and oxygen atoms in total. The first kappa shape index (κ1) is 18.9. The van der Waals surface area contributed by atoms with Crippen molar-refractivity contribution in [3.8, 4) is 17.2 Å². The fourth-order valence-electron chi connectivity index (χ4n) is 3.19. The molecule has 0 radical (unpaired) electrons. The van der Waals surface area contributed by atoms with Gasteiger partial charge in [-0.2, -0.15) is 0 Å². The van der Waals surface area contributed by atoms with Gasteiger partial charge >= 0.3 is 0 Å². The minimum absolute atomic E-state index is 0.0322. The number of nitrogens with zero attached hydrogens (tertiary/aromatic N) is 1. The van der Waals surface area contributed by atoms with E-state index in [4.69, 9.17) is 14.2 Å². The summed E-state index contributed by atoms with van der Waals surface area (Å²) in [5.74, 6) is 2.07. The second-order valence-corrected chi connectivity index (χ2v) is 6.81. The molecule has 29 heavy (non-hydrogen) atoms. The van der Waals surface area contributed by atoms with E-state index in [1.165, 1.54) is 0 Å². The number of carbonyl (C=O) groups is 1. The van der Waals surface area contributed by atoms with Gasteiger partial charge in [-0.15, -0.1) is 0 Å². The third kappa shape index (κ3) is 4.51. The molecule has 3 aromatic carbocycles. The van der Waals surface area contributed by atoms with E-state index in [-0.39, 0.29) is 12.7 Å². The molecule has 5 heteroatoms. The molecule has 1 heterocycles. The molecule has 0 N–H and O–H groups in total. The zero-order valence-corrected chi connectivity index (χ0v) is 16.3. The lowest BCUT2D eigenvalue weighted by Crippen LogP contribution is -2.30. The van der Waals surface area contributed by atoms with Gasteiger partial charge in [0.1, 0.15) is 12.4 Å². The molecule has 148 valence electrons. The highest BCUT2D eigenvalue weighted by molar-refractivity contribution is 5.95. The van der Waals surface area contributed by atoms with Crippen molar-refractivity contribution in [1.29, 1.82) is 0 Å². The van der Waals surface area contributed by atoms with E-state index in [1.54, 1.807) is 23.1 Å². The molecule has 0 aromatic heterocycles. The van der Waals surface area contributed by atoms with Crippen molar-refractivity contribution < 1.29 is 19.0 Å². The number of hydrogen-bond donors (Lipinski definition) is 0. The van der Waals surface area contributed by atoms with E-state index in [0.717, 1.165) is 16.9 Å². The molecule has 1 aliphatic heterocycles. The van der Waals surface area contributed by atoms with Crippen LogP contribution in [0.5, 0.6) is 17.2 Å². The summed E-state index contributed by atoms with van der Waals surface area (Å²) in [5, 5.41) is 0. The standard InChI is InChI=1S/C24H23NO4/c1-2-25(24(26)20-10-13-22-23(14-20)29-17-28-22)15-18-8-11-21(12-9-18)27-16-19-6-4-3-5-7-19/h3-14H,2,15-17H2,1H3. The van der Waals surface area contributed by atoms with Crippen LogP contribution in [0, 0.1) is 0 Å². The molecule has 1 amide bonds. The molecule has 0 aliphatic carbocycles. The van der Waals surface area contributed by atoms with E-state index >= 15 is 0 Å². The summed E-state index contributed by atoms with van der Waals surface area (Å²) in [5.41, 5.74) is 2.77. The highest BCUT2D eigenvalue weighted by atomic mass is 16.7. The Morgan fingerprint density at radius 1 is 0.931 bits per heavy atom. The topological polar surface area (TPSA) is 48.0 Å². The fraction of sp³-hybridized carbons (Fsp3) is 0.208. The minimum Gasteiger partial charge on any atom is -0.489 e. The summed E-state index contributed by atoms with van der Waals surface area (Å²) in [4.78, 5) is 14.7. The van der Waals surface area contributed by atoms with Crippen LogP contribution in [0.15, 0.2) is 72.8 Å². The lowest BCUT2D eigenvalue weighted by molar-refractivity contribution is 0.0752. The average Bonchev–Trinajstić information content (AvgIpc) is 3.25. The van der Waals surface area contributed by atoms with E-state index in [1.807, 2.05) is 61.5 Å². The van der Waals surface area contributed by atoms with Gasteiger partial charge in [0.25, 0.3) is 5.91 Å². The number of ether oxygens (including phenoxy) is 3. The number of hydrogen-bond acceptors (Lipinski definition) is 4. The molecule has 3 aromatic rings. The molecule has 4 rings (SSSR count). The Labute approximate surface area is 170 Å². The van der Waals surface area contributed by atoms with Crippen molar-refractivity contribution in [3.05, 3.63) is 89.5 Å². The lowest BCUT2D eigenvalue weighted by Gasteiger charge is -2.21. The normalized spacial score (nSPS) is 11.9. The summed E-state index contributed by atoms with van der Waals surface area (Å²) < 4.78 is 16.5. The van der Waals surface area contributed by atoms with Crippen LogP contribution in [-0.2, 0) is 13.2 Å². The second kappa shape index (κ2) is 8.69. The van der Waals surface area contributed by atoms with E-state index in [0.29, 0.717) is 36.8 Å². The van der Waals surface area contributed by atoms with E-state index in [9.17, 15) is 4.79 Å². The molecule has 0 saturated carbocycles. The molecule has 0 saturated heterocycles. The smallest absolute Gasteiger partial charge is 0.254 e. The Hall–Kier alpha value is -3.47. The van der Waals surface area contributed by atoms with Crippen LogP contribution in [0.3, 0.4) is 0 Å². The first-order chi connectivity index (χ1) is 14.2. The van der Waals surface area contributed by atoms with Crippen molar-refractivity contribution in [2.75, 3.05) is 13.3 Å². The van der Waals surface area contributed by atoms with Crippen LogP contribution in [0.1, 0.15) is 28.4 Å². The monoisotopic (exact) mass is 389 g/mol. The molecule has 0 bridgehead atoms. The average molecular weight is 389 g/mol. The third-order valence-electron chi connectivity index (χ3n) is 4.83. The maximum Gasteiger partial charge on any atom is 0.254 e. The van der Waals surface area contributed by atoms with Gasteiger partial charge in [-0.05, 0) is 48.4 Å². The molecule has 0 spiro atoms. The van der Waals surface area contributed by atoms with Crippen LogP contribution in [-0.4, -0.2) is 24.1 Å². The number of benzene rings is 3. The highest BCUT2D eigenvalue weighted by Gasteiger charge is 2.19. The van der Waals surface area contributed by atoms with Gasteiger partial charge in [0, 0.05) is 18.7 Å². The number of rotatable bonds is 7. The van der Waals surface area contributed by atoms with Gasteiger partial charge in [0.15, 0.2) is 11.5 Å². The van der Waals surface area contributed by atoms with E-state index < -0.39 is 0 Å². The van der Waals surface area contributed by atoms with Crippen LogP contribution in [0.25, 0.3) is 0 Å². The summed E-state index contributed by atoms with van der Waals surface area (Å²) in [6.07, 6.45) is 0. The third-order valence-corrected chi connectivity index (χ3v) is 4.83. The maximum atomic E-state index is 12.9. The van der Waals surface area contributed by atoms with Crippen molar-refractivity contribution in [3.63, 3.8) is 0 Å². The van der Waals surface area contributed by atoms with Crippen LogP contribution in [0.2, 0.25) is 0 Å². The second-order valence-electron chi connectivity index (χ2n) is 6.81. The maximum absolute atomic E-state index is 12.9. The summed E-state index contributed by atoms with van der Waals surface area (Å²) in [6, 6.07) is 23.2. The molecule has 0 unspecified atom stereocenters. The number of amides is 1. The Morgan fingerprint density at radius 2 is 1.69 bits per heavy atom. The SMILES string of the molecule is CCN(Cc1ccc(OCc2ccccc2)cc1)C(=O)c1ccc2c(c1)OCO2. The summed E-state index contributed by atoms with van der Waals surface area (Å²) in [7, 11) is 0. The summed E-state index contributed by atoms with van der Waals surface area (Å²) >= 11 is 0. The molecule has 0 fully saturated rings. The first-order valence-electron chi connectivity index (χ1n) is 9.67. The summed E-state index contributed by atoms with van der Waals surface area (Å²) in [6.45, 7) is 3.84. The number of carbonyl (C=O) groups excluding carboxylic acids is 1. The van der Waals surface area contributed by atoms with Crippen molar-refractivity contribution in [1.82, 2.24) is 4.90 Å². The molecule has 0 atom stereocenters. The van der Waals surface area contributed by atoms with Gasteiger partial charge in [-0.3, -0.25) is 4.79 Å². The predicted molar refractivity (Wildman–Crippen MR) is 110 cm³/mol. The zero-order chi connectivity index (χ0) is 20.1.